The summed E-state index contributed by atoms with van der Waals surface area (Å²) < 4.78 is 18.4. The molecule has 0 spiro atoms. The maximum Gasteiger partial charge on any atom is 0.213 e. The Hall–Kier alpha value is -1.98. The van der Waals surface area contributed by atoms with Crippen molar-refractivity contribution in [3.05, 3.63) is 59.5 Å². The maximum atomic E-state index is 13.0. The maximum absolute atomic E-state index is 13.0. The number of aliphatic hydroxyl groups is 1. The zero-order valence-electron chi connectivity index (χ0n) is 13.9. The van der Waals surface area contributed by atoms with Crippen LogP contribution in [0.4, 0.5) is 4.39 Å². The van der Waals surface area contributed by atoms with Gasteiger partial charge in [0.2, 0.25) is 5.88 Å². The van der Waals surface area contributed by atoms with Crippen LogP contribution in [-0.4, -0.2) is 40.8 Å². The minimum atomic E-state index is -0.445. The Labute approximate surface area is 141 Å². The number of rotatable bonds is 5. The number of pyridine rings is 1. The molecule has 0 amide bonds. The molecule has 1 aromatic carbocycles. The van der Waals surface area contributed by atoms with Crippen LogP contribution < -0.4 is 4.74 Å². The van der Waals surface area contributed by atoms with E-state index >= 15 is 0 Å². The van der Waals surface area contributed by atoms with E-state index in [-0.39, 0.29) is 11.7 Å². The van der Waals surface area contributed by atoms with Gasteiger partial charge >= 0.3 is 0 Å². The molecule has 0 aliphatic carbocycles. The van der Waals surface area contributed by atoms with Gasteiger partial charge in [0.25, 0.3) is 0 Å². The molecule has 1 saturated heterocycles. The summed E-state index contributed by atoms with van der Waals surface area (Å²) in [6.45, 7) is 4.80. The van der Waals surface area contributed by atoms with Crippen molar-refractivity contribution in [1.29, 1.82) is 0 Å². The second-order valence-corrected chi connectivity index (χ2v) is 6.19. The summed E-state index contributed by atoms with van der Waals surface area (Å²) in [5.41, 5.74) is 2.11. The Bertz CT molecular complexity index is 645. The highest BCUT2D eigenvalue weighted by Gasteiger charge is 2.28. The Kier molecular flexibility index (Phi) is 5.43. The van der Waals surface area contributed by atoms with E-state index in [9.17, 15) is 9.50 Å². The van der Waals surface area contributed by atoms with Gasteiger partial charge in [-0.1, -0.05) is 18.2 Å². The molecule has 4 nitrogen and oxygen atoms in total. The second kappa shape index (κ2) is 7.73. The number of ether oxygens (including phenoxy) is 1. The lowest BCUT2D eigenvalue weighted by Gasteiger charge is -2.36. The van der Waals surface area contributed by atoms with Crippen molar-refractivity contribution in [3.8, 4) is 5.88 Å². The molecule has 1 aliphatic heterocycles. The topological polar surface area (TPSA) is 45.6 Å². The van der Waals surface area contributed by atoms with Gasteiger partial charge < -0.3 is 9.84 Å². The zero-order chi connectivity index (χ0) is 16.9. The number of piperidine rings is 1. The number of benzene rings is 1. The molecule has 0 unspecified atom stereocenters. The zero-order valence-corrected chi connectivity index (χ0v) is 13.9. The van der Waals surface area contributed by atoms with Crippen molar-refractivity contribution in [1.82, 2.24) is 9.88 Å². The first-order valence-electron chi connectivity index (χ1n) is 8.39. The lowest BCUT2D eigenvalue weighted by Crippen LogP contribution is -2.42. The van der Waals surface area contributed by atoms with Crippen LogP contribution in [0.15, 0.2) is 42.6 Å². The molecule has 128 valence electrons. The summed E-state index contributed by atoms with van der Waals surface area (Å²) >= 11 is 0. The first kappa shape index (κ1) is 16.9. The molecular weight excluding hydrogens is 307 g/mol. The minimum absolute atomic E-state index is 0.0697. The number of halogens is 1. The SMILES string of the molecule is CCOc1ccc(CN2CC[C@@H](c3ccc(F)cc3)[C@H](O)C2)cn1. The van der Waals surface area contributed by atoms with E-state index in [2.05, 4.69) is 9.88 Å². The van der Waals surface area contributed by atoms with Gasteiger partial charge in [-0.3, -0.25) is 4.90 Å². The number of β-amino-alcohol motifs (C(OH)–C–C–N with tert-alkyl or cyclic N) is 1. The van der Waals surface area contributed by atoms with Crippen LogP contribution in [0.25, 0.3) is 0 Å². The van der Waals surface area contributed by atoms with Gasteiger partial charge in [0, 0.05) is 31.3 Å². The molecule has 3 rings (SSSR count). The number of nitrogens with zero attached hydrogens (tertiary/aromatic N) is 2. The third-order valence-corrected chi connectivity index (χ3v) is 4.46. The van der Waals surface area contributed by atoms with Crippen LogP contribution in [0.5, 0.6) is 5.88 Å². The predicted octanol–water partition coefficient (Wildman–Crippen LogP) is 2.97. The van der Waals surface area contributed by atoms with Gasteiger partial charge in [0.15, 0.2) is 0 Å². The predicted molar refractivity (Wildman–Crippen MR) is 90.4 cm³/mol. The van der Waals surface area contributed by atoms with Gasteiger partial charge in [0.05, 0.1) is 12.7 Å². The standard InChI is InChI=1S/C19H23FN2O2/c1-2-24-19-8-3-14(11-21-19)12-22-10-9-17(18(23)13-22)15-4-6-16(20)7-5-15/h3-8,11,17-18,23H,2,9-10,12-13H2,1H3/t17-,18+/m0/s1. The van der Waals surface area contributed by atoms with E-state index in [1.807, 2.05) is 25.3 Å². The van der Waals surface area contributed by atoms with Gasteiger partial charge in [-0.25, -0.2) is 9.37 Å². The van der Waals surface area contributed by atoms with Gasteiger partial charge in [-0.2, -0.15) is 0 Å². The molecule has 1 aromatic heterocycles. The van der Waals surface area contributed by atoms with Crippen LogP contribution in [0.1, 0.15) is 30.4 Å². The molecule has 1 N–H and O–H groups in total. The fraction of sp³-hybridized carbons (Fsp3) is 0.421. The lowest BCUT2D eigenvalue weighted by atomic mass is 9.87. The van der Waals surface area contributed by atoms with E-state index in [4.69, 9.17) is 4.74 Å². The fourth-order valence-electron chi connectivity index (χ4n) is 3.24. The molecule has 2 atom stereocenters. The number of aromatic nitrogens is 1. The molecular formula is C19H23FN2O2. The quantitative estimate of drug-likeness (QED) is 0.915. The third-order valence-electron chi connectivity index (χ3n) is 4.46. The Morgan fingerprint density at radius 1 is 1.25 bits per heavy atom. The molecule has 0 saturated carbocycles. The van der Waals surface area contributed by atoms with E-state index in [1.54, 1.807) is 12.1 Å². The van der Waals surface area contributed by atoms with E-state index in [0.717, 1.165) is 30.6 Å². The summed E-state index contributed by atoms with van der Waals surface area (Å²) in [7, 11) is 0. The highest BCUT2D eigenvalue weighted by Crippen LogP contribution is 2.29. The summed E-state index contributed by atoms with van der Waals surface area (Å²) in [6.07, 6.45) is 2.24. The molecule has 5 heteroatoms. The Morgan fingerprint density at radius 3 is 2.67 bits per heavy atom. The van der Waals surface area contributed by atoms with Crippen LogP contribution in [-0.2, 0) is 6.54 Å². The molecule has 2 heterocycles. The van der Waals surface area contributed by atoms with Crippen molar-refractivity contribution >= 4 is 0 Å². The average molecular weight is 330 g/mol. The monoisotopic (exact) mass is 330 g/mol. The summed E-state index contributed by atoms with van der Waals surface area (Å²) in [5.74, 6) is 0.463. The van der Waals surface area contributed by atoms with Crippen LogP contribution >= 0.6 is 0 Å². The Morgan fingerprint density at radius 2 is 2.04 bits per heavy atom. The van der Waals surface area contributed by atoms with Gasteiger partial charge in [0.1, 0.15) is 5.82 Å². The summed E-state index contributed by atoms with van der Waals surface area (Å²) in [5, 5.41) is 10.5. The molecule has 24 heavy (non-hydrogen) atoms. The van der Waals surface area contributed by atoms with Gasteiger partial charge in [-0.05, 0) is 43.1 Å². The number of aliphatic hydroxyl groups excluding tert-OH is 1. The van der Waals surface area contributed by atoms with Crippen LogP contribution in [0.3, 0.4) is 0 Å². The average Bonchev–Trinajstić information content (AvgIpc) is 2.58. The minimum Gasteiger partial charge on any atom is -0.478 e. The van der Waals surface area contributed by atoms with Crippen LogP contribution in [0.2, 0.25) is 0 Å². The van der Waals surface area contributed by atoms with Crippen molar-refractivity contribution in [3.63, 3.8) is 0 Å². The van der Waals surface area contributed by atoms with E-state index in [1.165, 1.54) is 12.1 Å². The summed E-state index contributed by atoms with van der Waals surface area (Å²) in [4.78, 5) is 6.50. The highest BCUT2D eigenvalue weighted by molar-refractivity contribution is 5.23. The second-order valence-electron chi connectivity index (χ2n) is 6.19. The van der Waals surface area contributed by atoms with Crippen LogP contribution in [0, 0.1) is 5.82 Å². The van der Waals surface area contributed by atoms with Crippen molar-refractivity contribution in [2.45, 2.75) is 31.9 Å². The number of hydrogen-bond acceptors (Lipinski definition) is 4. The van der Waals surface area contributed by atoms with Crippen molar-refractivity contribution in [2.24, 2.45) is 0 Å². The smallest absolute Gasteiger partial charge is 0.213 e. The lowest BCUT2D eigenvalue weighted by molar-refractivity contribution is 0.0476. The molecule has 0 radical (unpaired) electrons. The summed E-state index contributed by atoms with van der Waals surface area (Å²) in [6, 6.07) is 10.3. The highest BCUT2D eigenvalue weighted by atomic mass is 19.1. The van der Waals surface area contributed by atoms with Crippen molar-refractivity contribution < 1.29 is 14.2 Å². The first-order valence-corrected chi connectivity index (χ1v) is 8.39. The molecule has 0 bridgehead atoms. The third kappa shape index (κ3) is 4.10. The number of hydrogen-bond donors (Lipinski definition) is 1. The van der Waals surface area contributed by atoms with E-state index in [0.29, 0.717) is 19.0 Å². The number of likely N-dealkylation sites (tertiary alicyclic amines) is 1. The van der Waals surface area contributed by atoms with E-state index < -0.39 is 6.10 Å². The fourth-order valence-corrected chi connectivity index (χ4v) is 3.24. The first-order chi connectivity index (χ1) is 11.7. The molecule has 1 aliphatic rings. The normalized spacial score (nSPS) is 21.6. The Balaban J connectivity index is 1.58. The molecule has 2 aromatic rings. The van der Waals surface area contributed by atoms with Gasteiger partial charge in [-0.15, -0.1) is 0 Å². The van der Waals surface area contributed by atoms with Crippen molar-refractivity contribution in [2.75, 3.05) is 19.7 Å². The molecule has 1 fully saturated rings. The largest absolute Gasteiger partial charge is 0.478 e.